The molecule has 0 aromatic heterocycles. The van der Waals surface area contributed by atoms with Crippen LogP contribution >= 0.6 is 0 Å². The molecule has 1 saturated heterocycles. The van der Waals surface area contributed by atoms with Crippen LogP contribution in [0.2, 0.25) is 0 Å². The van der Waals surface area contributed by atoms with Gasteiger partial charge in [0.25, 0.3) is 0 Å². The van der Waals surface area contributed by atoms with Crippen molar-refractivity contribution in [2.75, 3.05) is 32.1 Å². The van der Waals surface area contributed by atoms with E-state index in [1.165, 1.54) is 0 Å². The maximum atomic E-state index is 10.8. The van der Waals surface area contributed by atoms with Gasteiger partial charge in [-0.15, -0.1) is 0 Å². The maximum Gasteiger partial charge on any atom is 0.130 e. The van der Waals surface area contributed by atoms with Gasteiger partial charge in [-0.25, -0.2) is 0 Å². The Bertz CT molecular complexity index is 519. The van der Waals surface area contributed by atoms with Crippen molar-refractivity contribution in [1.29, 1.82) is 0 Å². The van der Waals surface area contributed by atoms with Gasteiger partial charge in [0.15, 0.2) is 0 Å². The number of hydrogen-bond donors (Lipinski definition) is 1. The number of nitrogens with zero attached hydrogens (tertiary/aromatic N) is 2. The summed E-state index contributed by atoms with van der Waals surface area (Å²) in [6.07, 6.45) is 0.715. The summed E-state index contributed by atoms with van der Waals surface area (Å²) in [5.41, 5.74) is 0.285. The van der Waals surface area contributed by atoms with Gasteiger partial charge in [0, 0.05) is 37.7 Å². The highest BCUT2D eigenvalue weighted by molar-refractivity contribution is 5.46. The first kappa shape index (κ1) is 15.9. The van der Waals surface area contributed by atoms with Crippen LogP contribution < -0.4 is 4.90 Å². The summed E-state index contributed by atoms with van der Waals surface area (Å²) < 4.78 is 0. The van der Waals surface area contributed by atoms with Crippen LogP contribution in [0.3, 0.4) is 0 Å². The minimum Gasteiger partial charge on any atom is -0.377 e. The van der Waals surface area contributed by atoms with Crippen molar-refractivity contribution in [3.63, 3.8) is 0 Å². The molecule has 1 aliphatic rings. The third-order valence-corrected chi connectivity index (χ3v) is 4.55. The second-order valence-electron chi connectivity index (χ2n) is 6.31. The number of likely N-dealkylation sites (tertiary alicyclic amines) is 1. The molecule has 1 aromatic carbocycles. The molecule has 1 heterocycles. The molecule has 114 valence electrons. The molecule has 0 radical (unpaired) electrons. The second kappa shape index (κ2) is 6.51. The van der Waals surface area contributed by atoms with Crippen molar-refractivity contribution in [1.82, 2.24) is 4.90 Å². The molecule has 1 aliphatic heterocycles. The average Bonchev–Trinajstić information content (AvgIpc) is 2.46. The third kappa shape index (κ3) is 3.78. The number of aliphatic hydroxyl groups is 1. The predicted molar refractivity (Wildman–Crippen MR) is 88.3 cm³/mol. The van der Waals surface area contributed by atoms with E-state index in [9.17, 15) is 5.11 Å². The summed E-state index contributed by atoms with van der Waals surface area (Å²) in [6.45, 7) is 5.75. The first-order valence-electron chi connectivity index (χ1n) is 7.61. The molecule has 0 spiro atoms. The molecule has 0 bridgehead atoms. The van der Waals surface area contributed by atoms with Crippen LogP contribution in [0.15, 0.2) is 30.3 Å². The normalized spacial score (nSPS) is 29.6. The van der Waals surface area contributed by atoms with Gasteiger partial charge in [0.05, 0.1) is 6.54 Å². The SMILES string of the molecule is C[C@@H]1C[C@](O)(C#CCN(C)c2ccccc2)[C@H](C)CN1C. The van der Waals surface area contributed by atoms with Gasteiger partial charge in [-0.3, -0.25) is 0 Å². The molecule has 1 fully saturated rings. The summed E-state index contributed by atoms with van der Waals surface area (Å²) in [5.74, 6) is 6.48. The molecule has 3 heteroatoms. The lowest BCUT2D eigenvalue weighted by atomic mass is 9.79. The Morgan fingerprint density at radius 3 is 2.67 bits per heavy atom. The standard InChI is InChI=1S/C18H26N2O/c1-15-14-20(4)16(2)13-18(15,21)11-8-12-19(3)17-9-6-5-7-10-17/h5-7,9-10,15-16,21H,12-14H2,1-4H3/t15-,16-,18-/m1/s1. The monoisotopic (exact) mass is 286 g/mol. The Morgan fingerprint density at radius 2 is 2.00 bits per heavy atom. The zero-order valence-electron chi connectivity index (χ0n) is 13.5. The summed E-state index contributed by atoms with van der Waals surface area (Å²) in [6, 6.07) is 10.6. The third-order valence-electron chi connectivity index (χ3n) is 4.55. The van der Waals surface area contributed by atoms with E-state index in [1.54, 1.807) is 0 Å². The number of hydrogen-bond acceptors (Lipinski definition) is 3. The van der Waals surface area contributed by atoms with E-state index in [0.29, 0.717) is 19.0 Å². The largest absolute Gasteiger partial charge is 0.377 e. The summed E-state index contributed by atoms with van der Waals surface area (Å²) in [5, 5.41) is 10.8. The van der Waals surface area contributed by atoms with Crippen LogP contribution in [0, 0.1) is 17.8 Å². The van der Waals surface area contributed by atoms with Crippen LogP contribution in [-0.4, -0.2) is 48.8 Å². The fourth-order valence-electron chi connectivity index (χ4n) is 2.83. The van der Waals surface area contributed by atoms with Crippen LogP contribution in [0.25, 0.3) is 0 Å². The molecule has 3 atom stereocenters. The lowest BCUT2D eigenvalue weighted by Gasteiger charge is -2.42. The van der Waals surface area contributed by atoms with E-state index in [2.05, 4.69) is 54.7 Å². The smallest absolute Gasteiger partial charge is 0.130 e. The van der Waals surface area contributed by atoms with E-state index in [1.807, 2.05) is 25.2 Å². The van der Waals surface area contributed by atoms with Crippen LogP contribution in [0.1, 0.15) is 20.3 Å². The minimum absolute atomic E-state index is 0.174. The van der Waals surface area contributed by atoms with Crippen molar-refractivity contribution in [2.45, 2.75) is 31.9 Å². The molecular formula is C18H26N2O. The Labute approximate surface area is 128 Å². The van der Waals surface area contributed by atoms with Gasteiger partial charge in [0.1, 0.15) is 5.60 Å². The van der Waals surface area contributed by atoms with E-state index >= 15 is 0 Å². The molecular weight excluding hydrogens is 260 g/mol. The van der Waals surface area contributed by atoms with Crippen LogP contribution in [-0.2, 0) is 0 Å². The second-order valence-corrected chi connectivity index (χ2v) is 6.31. The molecule has 1 aromatic rings. The van der Waals surface area contributed by atoms with Crippen molar-refractivity contribution < 1.29 is 5.11 Å². The first-order valence-corrected chi connectivity index (χ1v) is 7.61. The van der Waals surface area contributed by atoms with E-state index < -0.39 is 5.60 Å². The zero-order valence-corrected chi connectivity index (χ0v) is 13.5. The molecule has 3 nitrogen and oxygen atoms in total. The van der Waals surface area contributed by atoms with Crippen molar-refractivity contribution in [3.05, 3.63) is 30.3 Å². The first-order chi connectivity index (χ1) is 9.92. The molecule has 2 rings (SSSR count). The van der Waals surface area contributed by atoms with Crippen molar-refractivity contribution in [3.8, 4) is 11.8 Å². The molecule has 0 saturated carbocycles. The fourth-order valence-corrected chi connectivity index (χ4v) is 2.83. The predicted octanol–water partition coefficient (Wildman–Crippen LogP) is 2.22. The number of anilines is 1. The number of benzene rings is 1. The molecule has 0 amide bonds. The summed E-state index contributed by atoms with van der Waals surface area (Å²) in [7, 11) is 4.13. The minimum atomic E-state index is -0.858. The molecule has 0 aliphatic carbocycles. The summed E-state index contributed by atoms with van der Waals surface area (Å²) in [4.78, 5) is 4.39. The van der Waals surface area contributed by atoms with Crippen LogP contribution in [0.5, 0.6) is 0 Å². The van der Waals surface area contributed by atoms with Crippen molar-refractivity contribution in [2.24, 2.45) is 5.92 Å². The van der Waals surface area contributed by atoms with Crippen molar-refractivity contribution >= 4 is 5.69 Å². The fraction of sp³-hybridized carbons (Fsp3) is 0.556. The maximum absolute atomic E-state index is 10.8. The number of piperidine rings is 1. The van der Waals surface area contributed by atoms with Gasteiger partial charge in [-0.05, 0) is 26.1 Å². The van der Waals surface area contributed by atoms with E-state index in [4.69, 9.17) is 0 Å². The number of para-hydroxylation sites is 1. The molecule has 21 heavy (non-hydrogen) atoms. The Hall–Kier alpha value is -1.50. The highest BCUT2D eigenvalue weighted by atomic mass is 16.3. The lowest BCUT2D eigenvalue weighted by molar-refractivity contribution is -0.0347. The Morgan fingerprint density at radius 1 is 1.33 bits per heavy atom. The van der Waals surface area contributed by atoms with Gasteiger partial charge < -0.3 is 14.9 Å². The van der Waals surface area contributed by atoms with Gasteiger partial charge in [-0.2, -0.15) is 0 Å². The Kier molecular flexibility index (Phi) is 4.92. The zero-order chi connectivity index (χ0) is 15.5. The van der Waals surface area contributed by atoms with Gasteiger partial charge in [0.2, 0.25) is 0 Å². The van der Waals surface area contributed by atoms with Gasteiger partial charge >= 0.3 is 0 Å². The Balaban J connectivity index is 2.01. The van der Waals surface area contributed by atoms with Gasteiger partial charge in [-0.1, -0.05) is 37.0 Å². The average molecular weight is 286 g/mol. The highest BCUT2D eigenvalue weighted by Crippen LogP contribution is 2.30. The number of rotatable bonds is 2. The quantitative estimate of drug-likeness (QED) is 0.845. The lowest BCUT2D eigenvalue weighted by Crippen LogP contribution is -2.52. The topological polar surface area (TPSA) is 26.7 Å². The molecule has 0 unspecified atom stereocenters. The van der Waals surface area contributed by atoms with E-state index in [0.717, 1.165) is 12.2 Å². The molecule has 1 N–H and O–H groups in total. The summed E-state index contributed by atoms with van der Waals surface area (Å²) >= 11 is 0. The van der Waals surface area contributed by atoms with E-state index in [-0.39, 0.29) is 5.92 Å². The van der Waals surface area contributed by atoms with Crippen LogP contribution in [0.4, 0.5) is 5.69 Å². The highest BCUT2D eigenvalue weighted by Gasteiger charge is 2.39.